The third-order valence-corrected chi connectivity index (χ3v) is 2.89. The number of aromatic nitrogens is 2. The van der Waals surface area contributed by atoms with Crippen LogP contribution in [-0.4, -0.2) is 29.1 Å². The predicted molar refractivity (Wildman–Crippen MR) is 72.2 cm³/mol. The summed E-state index contributed by atoms with van der Waals surface area (Å²) in [5, 5.41) is 2.87. The van der Waals surface area contributed by atoms with Crippen molar-refractivity contribution in [3.63, 3.8) is 0 Å². The smallest absolute Gasteiger partial charge is 0.251 e. The monoisotopic (exact) mass is 259 g/mol. The molecule has 0 aliphatic carbocycles. The van der Waals surface area contributed by atoms with Crippen molar-refractivity contribution in [2.24, 2.45) is 7.05 Å². The molecular weight excluding hydrogens is 242 g/mol. The lowest BCUT2D eigenvalue weighted by molar-refractivity contribution is 0.0953. The molecule has 0 bridgehead atoms. The molecule has 0 spiro atoms. The second-order valence-corrected chi connectivity index (χ2v) is 4.19. The van der Waals surface area contributed by atoms with Gasteiger partial charge >= 0.3 is 0 Å². The van der Waals surface area contributed by atoms with E-state index in [1.165, 1.54) is 0 Å². The number of ether oxygens (including phenoxy) is 1. The maximum absolute atomic E-state index is 11.9. The molecule has 2 aromatic rings. The minimum absolute atomic E-state index is 0.104. The molecule has 1 N–H and O–H groups in total. The van der Waals surface area contributed by atoms with Gasteiger partial charge in [0.25, 0.3) is 5.91 Å². The van der Waals surface area contributed by atoms with E-state index in [0.29, 0.717) is 24.3 Å². The van der Waals surface area contributed by atoms with Crippen molar-refractivity contribution in [1.82, 2.24) is 14.9 Å². The first kappa shape index (κ1) is 13.1. The van der Waals surface area contributed by atoms with Crippen LogP contribution in [-0.2, 0) is 13.5 Å². The Hall–Kier alpha value is -2.30. The number of nitrogens with one attached hydrogen (secondary N) is 1. The fourth-order valence-electron chi connectivity index (χ4n) is 1.79. The van der Waals surface area contributed by atoms with Crippen LogP contribution >= 0.6 is 0 Å². The Morgan fingerprint density at radius 2 is 2.32 bits per heavy atom. The van der Waals surface area contributed by atoms with Crippen LogP contribution in [0.2, 0.25) is 0 Å². The van der Waals surface area contributed by atoms with E-state index in [1.54, 1.807) is 31.5 Å². The summed E-state index contributed by atoms with van der Waals surface area (Å²) in [6, 6.07) is 7.09. The summed E-state index contributed by atoms with van der Waals surface area (Å²) in [7, 11) is 3.52. The predicted octanol–water partition coefficient (Wildman–Crippen LogP) is 1.40. The minimum Gasteiger partial charge on any atom is -0.497 e. The van der Waals surface area contributed by atoms with Crippen LogP contribution in [0.3, 0.4) is 0 Å². The molecule has 0 aliphatic heterocycles. The molecule has 1 aromatic carbocycles. The first-order chi connectivity index (χ1) is 9.20. The van der Waals surface area contributed by atoms with Gasteiger partial charge in [-0.3, -0.25) is 4.79 Å². The van der Waals surface area contributed by atoms with Crippen LogP contribution in [0.25, 0.3) is 0 Å². The van der Waals surface area contributed by atoms with E-state index in [2.05, 4.69) is 10.3 Å². The van der Waals surface area contributed by atoms with Gasteiger partial charge in [-0.1, -0.05) is 6.07 Å². The second-order valence-electron chi connectivity index (χ2n) is 4.19. The fourth-order valence-corrected chi connectivity index (χ4v) is 1.79. The van der Waals surface area contributed by atoms with Crippen LogP contribution in [0.4, 0.5) is 0 Å². The molecule has 2 rings (SSSR count). The van der Waals surface area contributed by atoms with Crippen molar-refractivity contribution in [3.05, 3.63) is 48.0 Å². The standard InChI is InChI=1S/C14H17N3O2/c1-17-9-8-15-13(17)6-7-16-14(18)11-4-3-5-12(10-11)19-2/h3-5,8-10H,6-7H2,1-2H3,(H,16,18). The van der Waals surface area contributed by atoms with Crippen molar-refractivity contribution in [3.8, 4) is 5.75 Å². The van der Waals surface area contributed by atoms with Gasteiger partial charge in [0.15, 0.2) is 0 Å². The first-order valence-electron chi connectivity index (χ1n) is 6.09. The van der Waals surface area contributed by atoms with E-state index >= 15 is 0 Å². The Morgan fingerprint density at radius 3 is 3.00 bits per heavy atom. The largest absolute Gasteiger partial charge is 0.497 e. The Labute approximate surface area is 112 Å². The maximum atomic E-state index is 11.9. The molecule has 0 saturated carbocycles. The average molecular weight is 259 g/mol. The van der Waals surface area contributed by atoms with Gasteiger partial charge < -0.3 is 14.6 Å². The number of nitrogens with zero attached hydrogens (tertiary/aromatic N) is 2. The fraction of sp³-hybridized carbons (Fsp3) is 0.286. The molecule has 0 radical (unpaired) electrons. The van der Waals surface area contributed by atoms with Gasteiger partial charge in [0.2, 0.25) is 0 Å². The topological polar surface area (TPSA) is 56.1 Å². The van der Waals surface area contributed by atoms with Crippen molar-refractivity contribution in [1.29, 1.82) is 0 Å². The zero-order valence-electron chi connectivity index (χ0n) is 11.1. The number of benzene rings is 1. The molecule has 0 fully saturated rings. The van der Waals surface area contributed by atoms with E-state index in [4.69, 9.17) is 4.74 Å². The van der Waals surface area contributed by atoms with Gasteiger partial charge in [0.05, 0.1) is 7.11 Å². The van der Waals surface area contributed by atoms with Gasteiger partial charge in [-0.25, -0.2) is 4.98 Å². The number of hydrogen-bond acceptors (Lipinski definition) is 3. The van der Waals surface area contributed by atoms with Crippen molar-refractivity contribution in [2.75, 3.05) is 13.7 Å². The normalized spacial score (nSPS) is 10.2. The third-order valence-electron chi connectivity index (χ3n) is 2.89. The Bertz CT molecular complexity index is 563. The van der Waals surface area contributed by atoms with Crippen LogP contribution in [0, 0.1) is 0 Å². The van der Waals surface area contributed by atoms with Gasteiger partial charge in [-0.2, -0.15) is 0 Å². The van der Waals surface area contributed by atoms with E-state index < -0.39 is 0 Å². The van der Waals surface area contributed by atoms with E-state index in [9.17, 15) is 4.79 Å². The van der Waals surface area contributed by atoms with E-state index in [-0.39, 0.29) is 5.91 Å². The summed E-state index contributed by atoms with van der Waals surface area (Å²) >= 11 is 0. The zero-order chi connectivity index (χ0) is 13.7. The summed E-state index contributed by atoms with van der Waals surface area (Å²) < 4.78 is 7.03. The quantitative estimate of drug-likeness (QED) is 0.883. The lowest BCUT2D eigenvalue weighted by atomic mass is 10.2. The van der Waals surface area contributed by atoms with Crippen LogP contribution in [0.5, 0.6) is 5.75 Å². The number of hydrogen-bond donors (Lipinski definition) is 1. The SMILES string of the molecule is COc1cccc(C(=O)NCCc2nccn2C)c1. The Morgan fingerprint density at radius 1 is 1.47 bits per heavy atom. The van der Waals surface area contributed by atoms with Crippen LogP contribution < -0.4 is 10.1 Å². The highest BCUT2D eigenvalue weighted by Crippen LogP contribution is 2.12. The number of imidazole rings is 1. The summed E-state index contributed by atoms with van der Waals surface area (Å²) in [6.07, 6.45) is 4.34. The molecule has 0 unspecified atom stereocenters. The zero-order valence-corrected chi connectivity index (χ0v) is 11.1. The van der Waals surface area contributed by atoms with Crippen LogP contribution in [0.1, 0.15) is 16.2 Å². The highest BCUT2D eigenvalue weighted by atomic mass is 16.5. The second kappa shape index (κ2) is 6.04. The van der Waals surface area contributed by atoms with Crippen LogP contribution in [0.15, 0.2) is 36.7 Å². The highest BCUT2D eigenvalue weighted by molar-refractivity contribution is 5.94. The number of methoxy groups -OCH3 is 1. The molecule has 0 aliphatic rings. The molecule has 100 valence electrons. The lowest BCUT2D eigenvalue weighted by Gasteiger charge is -2.06. The molecule has 0 atom stereocenters. The first-order valence-corrected chi connectivity index (χ1v) is 6.09. The lowest BCUT2D eigenvalue weighted by Crippen LogP contribution is -2.26. The van der Waals surface area contributed by atoms with Crippen molar-refractivity contribution < 1.29 is 9.53 Å². The van der Waals surface area contributed by atoms with Gasteiger partial charge in [-0.05, 0) is 18.2 Å². The van der Waals surface area contributed by atoms with Crippen molar-refractivity contribution in [2.45, 2.75) is 6.42 Å². The summed E-state index contributed by atoms with van der Waals surface area (Å²) in [5.41, 5.74) is 0.596. The number of aryl methyl sites for hydroxylation is 1. The van der Waals surface area contributed by atoms with Gasteiger partial charge in [-0.15, -0.1) is 0 Å². The molecule has 1 amide bonds. The number of carbonyl (C=O) groups excluding carboxylic acids is 1. The molecule has 0 saturated heterocycles. The molecule has 5 nitrogen and oxygen atoms in total. The van der Waals surface area contributed by atoms with E-state index in [1.807, 2.05) is 23.9 Å². The molecule has 1 heterocycles. The number of rotatable bonds is 5. The Kier molecular flexibility index (Phi) is 4.18. The Balaban J connectivity index is 1.89. The minimum atomic E-state index is -0.104. The molecule has 5 heteroatoms. The third kappa shape index (κ3) is 3.34. The molecule has 1 aromatic heterocycles. The summed E-state index contributed by atoms with van der Waals surface area (Å²) in [5.74, 6) is 1.52. The average Bonchev–Trinajstić information content (AvgIpc) is 2.84. The maximum Gasteiger partial charge on any atom is 0.251 e. The highest BCUT2D eigenvalue weighted by Gasteiger charge is 2.06. The van der Waals surface area contributed by atoms with Gasteiger partial charge in [0, 0.05) is 38.0 Å². The molecule has 19 heavy (non-hydrogen) atoms. The molecular formula is C14H17N3O2. The van der Waals surface area contributed by atoms with Crippen molar-refractivity contribution >= 4 is 5.91 Å². The summed E-state index contributed by atoms with van der Waals surface area (Å²) in [4.78, 5) is 16.1. The number of carbonyl (C=O) groups is 1. The number of amides is 1. The summed E-state index contributed by atoms with van der Waals surface area (Å²) in [6.45, 7) is 0.556. The van der Waals surface area contributed by atoms with Gasteiger partial charge in [0.1, 0.15) is 11.6 Å². The van der Waals surface area contributed by atoms with E-state index in [0.717, 1.165) is 5.82 Å².